The average Bonchev–Trinajstić information content (AvgIpc) is 2.85. The number of nitrogens with zero attached hydrogens (tertiary/aromatic N) is 2. The fraction of sp³-hybridized carbons (Fsp3) is 0.167. The topological polar surface area (TPSA) is 93.3 Å². The van der Waals surface area contributed by atoms with E-state index in [0.717, 1.165) is 0 Å². The van der Waals surface area contributed by atoms with Gasteiger partial charge in [-0.2, -0.15) is 0 Å². The number of carboxylic acid groups (broad SMARTS) is 1. The molecule has 0 fully saturated rings. The predicted molar refractivity (Wildman–Crippen MR) is 70.2 cm³/mol. The molecule has 0 bridgehead atoms. The van der Waals surface area contributed by atoms with Gasteiger partial charge in [0.2, 0.25) is 0 Å². The fourth-order valence-electron chi connectivity index (χ4n) is 1.54. The second kappa shape index (κ2) is 5.57. The van der Waals surface area contributed by atoms with Gasteiger partial charge in [-0.05, 0) is 0 Å². The number of carboxylic acids is 1. The zero-order chi connectivity index (χ0) is 13.8. The molecule has 6 nitrogen and oxygen atoms in total. The Morgan fingerprint density at radius 1 is 1.47 bits per heavy atom. The number of carbonyl (C=O) groups is 1. The zero-order valence-corrected chi connectivity index (χ0v) is 10.6. The first-order chi connectivity index (χ1) is 9.06. The standard InChI is InChI=1S/C12H10N2O4S/c15-11(16)5-4-9-7-19-12(13-9)8-2-1-3-10(6-8)14(17)18/h1-3,6-7H,4-5H2,(H,15,16). The van der Waals surface area contributed by atoms with Crippen LogP contribution in [0.15, 0.2) is 29.6 Å². The monoisotopic (exact) mass is 278 g/mol. The number of aryl methyl sites for hydroxylation is 1. The molecule has 1 aromatic carbocycles. The van der Waals surface area contributed by atoms with Crippen LogP contribution in [0.5, 0.6) is 0 Å². The number of hydrogen-bond donors (Lipinski definition) is 1. The minimum atomic E-state index is -0.870. The Balaban J connectivity index is 2.20. The summed E-state index contributed by atoms with van der Waals surface area (Å²) in [6, 6.07) is 6.22. The Morgan fingerprint density at radius 2 is 2.26 bits per heavy atom. The van der Waals surface area contributed by atoms with Gasteiger partial charge in [-0.3, -0.25) is 14.9 Å². The summed E-state index contributed by atoms with van der Waals surface area (Å²) in [4.78, 5) is 25.0. The van der Waals surface area contributed by atoms with Crippen LogP contribution in [0.1, 0.15) is 12.1 Å². The van der Waals surface area contributed by atoms with E-state index in [1.54, 1.807) is 17.5 Å². The first kappa shape index (κ1) is 13.2. The van der Waals surface area contributed by atoms with Gasteiger partial charge < -0.3 is 5.11 Å². The SMILES string of the molecule is O=C(O)CCc1csc(-c2cccc([N+](=O)[O-])c2)n1. The molecule has 1 aromatic heterocycles. The lowest BCUT2D eigenvalue weighted by Crippen LogP contribution is -1.97. The van der Waals surface area contributed by atoms with Gasteiger partial charge in [-0.15, -0.1) is 11.3 Å². The summed E-state index contributed by atoms with van der Waals surface area (Å²) in [6.07, 6.45) is 0.388. The Labute approximate surface area is 112 Å². The molecule has 0 amide bonds. The summed E-state index contributed by atoms with van der Waals surface area (Å²) in [5, 5.41) is 21.7. The highest BCUT2D eigenvalue weighted by molar-refractivity contribution is 7.13. The highest BCUT2D eigenvalue weighted by Gasteiger charge is 2.10. The van der Waals surface area contributed by atoms with Gasteiger partial charge in [0, 0.05) is 29.5 Å². The van der Waals surface area contributed by atoms with Crippen molar-refractivity contribution in [1.29, 1.82) is 0 Å². The van der Waals surface area contributed by atoms with Crippen molar-refractivity contribution in [3.8, 4) is 10.6 Å². The van der Waals surface area contributed by atoms with Crippen molar-refractivity contribution in [2.24, 2.45) is 0 Å². The number of hydrogen-bond acceptors (Lipinski definition) is 5. The summed E-state index contributed by atoms with van der Waals surface area (Å²) in [5.41, 5.74) is 1.37. The Hall–Kier alpha value is -2.28. The smallest absolute Gasteiger partial charge is 0.303 e. The molecule has 0 saturated carbocycles. The summed E-state index contributed by atoms with van der Waals surface area (Å²) >= 11 is 1.35. The first-order valence-electron chi connectivity index (χ1n) is 5.47. The molecule has 2 aromatic rings. The van der Waals surface area contributed by atoms with Gasteiger partial charge in [0.05, 0.1) is 17.0 Å². The zero-order valence-electron chi connectivity index (χ0n) is 9.78. The van der Waals surface area contributed by atoms with Crippen molar-refractivity contribution in [2.45, 2.75) is 12.8 Å². The number of benzene rings is 1. The summed E-state index contributed by atoms with van der Waals surface area (Å²) in [6.45, 7) is 0. The molecule has 0 aliphatic heterocycles. The minimum Gasteiger partial charge on any atom is -0.481 e. The number of nitro benzene ring substituents is 1. The number of aliphatic carboxylic acids is 1. The third kappa shape index (κ3) is 3.35. The summed E-state index contributed by atoms with van der Waals surface area (Å²) in [5.74, 6) is -0.870. The second-order valence-corrected chi connectivity index (χ2v) is 4.70. The van der Waals surface area contributed by atoms with Gasteiger partial charge in [-0.1, -0.05) is 12.1 Å². The highest BCUT2D eigenvalue weighted by atomic mass is 32.1. The maximum absolute atomic E-state index is 10.7. The molecule has 2 rings (SSSR count). The molecule has 0 saturated heterocycles. The van der Waals surface area contributed by atoms with Crippen LogP contribution in [0.25, 0.3) is 10.6 Å². The summed E-state index contributed by atoms with van der Waals surface area (Å²) in [7, 11) is 0. The van der Waals surface area contributed by atoms with Crippen molar-refractivity contribution in [1.82, 2.24) is 4.98 Å². The van der Waals surface area contributed by atoms with E-state index in [-0.39, 0.29) is 12.1 Å². The summed E-state index contributed by atoms with van der Waals surface area (Å²) < 4.78 is 0. The van der Waals surface area contributed by atoms with Crippen LogP contribution in [-0.2, 0) is 11.2 Å². The van der Waals surface area contributed by atoms with Crippen molar-refractivity contribution in [2.75, 3.05) is 0 Å². The molecular formula is C12H10N2O4S. The van der Waals surface area contributed by atoms with E-state index in [1.807, 2.05) is 0 Å². The van der Waals surface area contributed by atoms with E-state index in [2.05, 4.69) is 4.98 Å². The lowest BCUT2D eigenvalue weighted by atomic mass is 10.2. The van der Waals surface area contributed by atoms with Crippen LogP contribution in [0.2, 0.25) is 0 Å². The molecule has 0 aliphatic rings. The molecule has 1 N–H and O–H groups in total. The van der Waals surface area contributed by atoms with E-state index in [1.165, 1.54) is 23.5 Å². The molecule has 0 atom stereocenters. The Morgan fingerprint density at radius 3 is 2.95 bits per heavy atom. The van der Waals surface area contributed by atoms with E-state index in [4.69, 9.17) is 5.11 Å². The van der Waals surface area contributed by atoms with Crippen LogP contribution in [0, 0.1) is 10.1 Å². The van der Waals surface area contributed by atoms with E-state index < -0.39 is 10.9 Å². The molecule has 0 aliphatic carbocycles. The average molecular weight is 278 g/mol. The molecule has 0 unspecified atom stereocenters. The first-order valence-corrected chi connectivity index (χ1v) is 6.35. The van der Waals surface area contributed by atoms with Gasteiger partial charge in [0.25, 0.3) is 5.69 Å². The maximum atomic E-state index is 10.7. The lowest BCUT2D eigenvalue weighted by molar-refractivity contribution is -0.384. The Bertz CT molecular complexity index is 624. The van der Waals surface area contributed by atoms with E-state index in [9.17, 15) is 14.9 Å². The van der Waals surface area contributed by atoms with Crippen molar-refractivity contribution in [3.63, 3.8) is 0 Å². The lowest BCUT2D eigenvalue weighted by Gasteiger charge is -1.96. The van der Waals surface area contributed by atoms with E-state index in [0.29, 0.717) is 22.7 Å². The van der Waals surface area contributed by atoms with Gasteiger partial charge in [0.15, 0.2) is 0 Å². The van der Waals surface area contributed by atoms with E-state index >= 15 is 0 Å². The molecular weight excluding hydrogens is 268 g/mol. The number of thiazole rings is 1. The third-order valence-electron chi connectivity index (χ3n) is 2.45. The molecule has 0 radical (unpaired) electrons. The quantitative estimate of drug-likeness (QED) is 0.670. The van der Waals surface area contributed by atoms with Crippen LogP contribution >= 0.6 is 11.3 Å². The normalized spacial score (nSPS) is 10.3. The van der Waals surface area contributed by atoms with Crippen molar-refractivity contribution >= 4 is 23.0 Å². The van der Waals surface area contributed by atoms with Gasteiger partial charge >= 0.3 is 5.97 Å². The van der Waals surface area contributed by atoms with Gasteiger partial charge in [-0.25, -0.2) is 4.98 Å². The number of nitro groups is 1. The highest BCUT2D eigenvalue weighted by Crippen LogP contribution is 2.27. The van der Waals surface area contributed by atoms with Crippen molar-refractivity contribution < 1.29 is 14.8 Å². The van der Waals surface area contributed by atoms with Crippen LogP contribution in [-0.4, -0.2) is 21.0 Å². The number of aromatic nitrogens is 1. The van der Waals surface area contributed by atoms with Crippen LogP contribution < -0.4 is 0 Å². The molecule has 0 spiro atoms. The fourth-order valence-corrected chi connectivity index (χ4v) is 2.39. The predicted octanol–water partition coefficient (Wildman–Crippen LogP) is 2.74. The molecule has 1 heterocycles. The minimum absolute atomic E-state index is 0.0137. The van der Waals surface area contributed by atoms with Crippen LogP contribution in [0.4, 0.5) is 5.69 Å². The second-order valence-electron chi connectivity index (χ2n) is 3.85. The van der Waals surface area contributed by atoms with Crippen LogP contribution in [0.3, 0.4) is 0 Å². The van der Waals surface area contributed by atoms with Crippen molar-refractivity contribution in [3.05, 3.63) is 45.5 Å². The molecule has 19 heavy (non-hydrogen) atoms. The number of rotatable bonds is 5. The Kier molecular flexibility index (Phi) is 3.86. The largest absolute Gasteiger partial charge is 0.481 e. The number of non-ortho nitro benzene ring substituents is 1. The molecule has 7 heteroatoms. The van der Waals surface area contributed by atoms with Gasteiger partial charge in [0.1, 0.15) is 5.01 Å². The molecule has 98 valence electrons. The maximum Gasteiger partial charge on any atom is 0.303 e. The third-order valence-corrected chi connectivity index (χ3v) is 3.39.